The number of aliphatic carboxylic acids is 1. The van der Waals surface area contributed by atoms with E-state index in [4.69, 9.17) is 5.11 Å². The molecule has 3 N–H and O–H groups in total. The molecule has 0 heterocycles. The number of nitrogens with one attached hydrogen (secondary N) is 2. The number of urea groups is 1. The average molecular weight is 290 g/mol. The van der Waals surface area contributed by atoms with Crippen LogP contribution in [-0.4, -0.2) is 23.1 Å². The third-order valence-electron chi connectivity index (χ3n) is 3.71. The standard InChI is InChI=1S/C16H22N2O3/c1-10(2)12-4-3-5-13(8-12)17-16(21)18-14(9-15(19)20)11-6-7-11/h3-5,8,10-11,14H,6-7,9H2,1-2H3,(H,19,20)(H2,17,18,21). The van der Waals surface area contributed by atoms with E-state index >= 15 is 0 Å². The minimum Gasteiger partial charge on any atom is -0.481 e. The lowest BCUT2D eigenvalue weighted by Crippen LogP contribution is -2.40. The Labute approximate surface area is 124 Å². The molecule has 0 bridgehead atoms. The van der Waals surface area contributed by atoms with Gasteiger partial charge >= 0.3 is 12.0 Å². The Hall–Kier alpha value is -2.04. The van der Waals surface area contributed by atoms with E-state index in [-0.39, 0.29) is 18.5 Å². The Bertz CT molecular complexity index is 524. The van der Waals surface area contributed by atoms with E-state index in [9.17, 15) is 9.59 Å². The molecular weight excluding hydrogens is 268 g/mol. The van der Waals surface area contributed by atoms with E-state index in [0.29, 0.717) is 11.8 Å². The smallest absolute Gasteiger partial charge is 0.319 e. The molecule has 1 aromatic carbocycles. The fourth-order valence-corrected chi connectivity index (χ4v) is 2.33. The third kappa shape index (κ3) is 4.77. The second kappa shape index (κ2) is 6.61. The maximum absolute atomic E-state index is 12.0. The Morgan fingerprint density at radius 1 is 1.33 bits per heavy atom. The number of hydrogen-bond donors (Lipinski definition) is 3. The van der Waals surface area contributed by atoms with Crippen LogP contribution < -0.4 is 10.6 Å². The van der Waals surface area contributed by atoms with Crippen LogP contribution in [-0.2, 0) is 4.79 Å². The number of rotatable bonds is 6. The molecule has 2 rings (SSSR count). The number of hydrogen-bond acceptors (Lipinski definition) is 2. The Morgan fingerprint density at radius 2 is 2.05 bits per heavy atom. The van der Waals surface area contributed by atoms with Crippen LogP contribution in [0.4, 0.5) is 10.5 Å². The molecule has 1 aliphatic carbocycles. The molecule has 1 atom stereocenters. The van der Waals surface area contributed by atoms with E-state index < -0.39 is 5.97 Å². The van der Waals surface area contributed by atoms with Gasteiger partial charge in [-0.1, -0.05) is 26.0 Å². The van der Waals surface area contributed by atoms with Crippen molar-refractivity contribution in [3.8, 4) is 0 Å². The summed E-state index contributed by atoms with van der Waals surface area (Å²) in [7, 11) is 0. The monoisotopic (exact) mass is 290 g/mol. The molecule has 1 saturated carbocycles. The molecule has 1 unspecified atom stereocenters. The Kier molecular flexibility index (Phi) is 4.83. The predicted octanol–water partition coefficient (Wildman–Crippen LogP) is 3.18. The molecule has 0 aliphatic heterocycles. The van der Waals surface area contributed by atoms with Crippen molar-refractivity contribution in [3.05, 3.63) is 29.8 Å². The van der Waals surface area contributed by atoms with Gasteiger partial charge in [-0.05, 0) is 42.4 Å². The number of carbonyl (C=O) groups is 2. The summed E-state index contributed by atoms with van der Waals surface area (Å²) in [6.45, 7) is 4.18. The van der Waals surface area contributed by atoms with Gasteiger partial charge in [-0.3, -0.25) is 4.79 Å². The summed E-state index contributed by atoms with van der Waals surface area (Å²) in [6, 6.07) is 7.07. The highest BCUT2D eigenvalue weighted by Gasteiger charge is 2.33. The van der Waals surface area contributed by atoms with Crippen LogP contribution in [0.15, 0.2) is 24.3 Å². The van der Waals surface area contributed by atoms with E-state index in [2.05, 4.69) is 24.5 Å². The first-order valence-electron chi connectivity index (χ1n) is 7.35. The highest BCUT2D eigenvalue weighted by Crippen LogP contribution is 2.34. The maximum Gasteiger partial charge on any atom is 0.319 e. The number of carbonyl (C=O) groups excluding carboxylic acids is 1. The Morgan fingerprint density at radius 3 is 2.62 bits per heavy atom. The van der Waals surface area contributed by atoms with Crippen molar-refractivity contribution in [2.45, 2.75) is 45.1 Å². The molecule has 1 aliphatic rings. The van der Waals surface area contributed by atoms with Gasteiger partial charge in [-0.2, -0.15) is 0 Å². The van der Waals surface area contributed by atoms with Crippen LogP contribution in [0.3, 0.4) is 0 Å². The van der Waals surface area contributed by atoms with Gasteiger partial charge in [0.2, 0.25) is 0 Å². The molecule has 1 fully saturated rings. The van der Waals surface area contributed by atoms with Crippen molar-refractivity contribution in [2.75, 3.05) is 5.32 Å². The summed E-state index contributed by atoms with van der Waals surface area (Å²) in [5, 5.41) is 14.4. The number of amides is 2. The van der Waals surface area contributed by atoms with Gasteiger partial charge in [0.1, 0.15) is 0 Å². The molecule has 0 radical (unpaired) electrons. The van der Waals surface area contributed by atoms with Crippen molar-refractivity contribution in [3.63, 3.8) is 0 Å². The summed E-state index contributed by atoms with van der Waals surface area (Å²) >= 11 is 0. The van der Waals surface area contributed by atoms with Crippen molar-refractivity contribution in [1.29, 1.82) is 0 Å². The quantitative estimate of drug-likeness (QED) is 0.753. The molecule has 1 aromatic rings. The fraction of sp³-hybridized carbons (Fsp3) is 0.500. The van der Waals surface area contributed by atoms with E-state index in [1.165, 1.54) is 0 Å². The van der Waals surface area contributed by atoms with Crippen LogP contribution in [0.5, 0.6) is 0 Å². The van der Waals surface area contributed by atoms with Crippen molar-refractivity contribution < 1.29 is 14.7 Å². The van der Waals surface area contributed by atoms with Gasteiger partial charge in [0.25, 0.3) is 0 Å². The number of benzene rings is 1. The lowest BCUT2D eigenvalue weighted by molar-refractivity contribution is -0.137. The van der Waals surface area contributed by atoms with Gasteiger partial charge in [0, 0.05) is 11.7 Å². The predicted molar refractivity (Wildman–Crippen MR) is 81.5 cm³/mol. The largest absolute Gasteiger partial charge is 0.481 e. The molecule has 2 amide bonds. The fourth-order valence-electron chi connectivity index (χ4n) is 2.33. The maximum atomic E-state index is 12.0. The Balaban J connectivity index is 1.94. The van der Waals surface area contributed by atoms with Crippen LogP contribution in [0.2, 0.25) is 0 Å². The summed E-state index contributed by atoms with van der Waals surface area (Å²) in [5.41, 5.74) is 1.88. The molecule has 5 nitrogen and oxygen atoms in total. The summed E-state index contributed by atoms with van der Waals surface area (Å²) in [5.74, 6) is -0.191. The topological polar surface area (TPSA) is 78.4 Å². The molecule has 114 valence electrons. The van der Waals surface area contributed by atoms with Gasteiger partial charge in [-0.15, -0.1) is 0 Å². The third-order valence-corrected chi connectivity index (χ3v) is 3.71. The second-order valence-corrected chi connectivity index (χ2v) is 5.92. The highest BCUT2D eigenvalue weighted by molar-refractivity contribution is 5.89. The minimum absolute atomic E-state index is 0.0237. The first-order chi connectivity index (χ1) is 9.95. The normalized spacial score (nSPS) is 15.6. The molecule has 5 heteroatoms. The molecule has 21 heavy (non-hydrogen) atoms. The minimum atomic E-state index is -0.881. The van der Waals surface area contributed by atoms with Crippen LogP contribution in [0, 0.1) is 5.92 Å². The lowest BCUT2D eigenvalue weighted by atomic mass is 10.0. The van der Waals surface area contributed by atoms with E-state index in [0.717, 1.165) is 24.1 Å². The summed E-state index contributed by atoms with van der Waals surface area (Å²) < 4.78 is 0. The molecular formula is C16H22N2O3. The van der Waals surface area contributed by atoms with E-state index in [1.807, 2.05) is 24.3 Å². The number of anilines is 1. The molecule has 0 saturated heterocycles. The zero-order chi connectivity index (χ0) is 15.4. The zero-order valence-corrected chi connectivity index (χ0v) is 12.4. The molecule has 0 spiro atoms. The summed E-state index contributed by atoms with van der Waals surface area (Å²) in [4.78, 5) is 22.8. The van der Waals surface area contributed by atoms with Crippen LogP contribution in [0.25, 0.3) is 0 Å². The van der Waals surface area contributed by atoms with Crippen LogP contribution in [0.1, 0.15) is 44.6 Å². The van der Waals surface area contributed by atoms with Crippen molar-refractivity contribution in [2.24, 2.45) is 5.92 Å². The molecule has 0 aromatic heterocycles. The lowest BCUT2D eigenvalue weighted by Gasteiger charge is -2.17. The summed E-state index contributed by atoms with van der Waals surface area (Å²) in [6.07, 6.45) is 1.95. The van der Waals surface area contributed by atoms with Gasteiger partial charge < -0.3 is 15.7 Å². The van der Waals surface area contributed by atoms with Gasteiger partial charge in [0.05, 0.1) is 6.42 Å². The number of carboxylic acids is 1. The number of carboxylic acid groups (broad SMARTS) is 1. The van der Waals surface area contributed by atoms with Gasteiger partial charge in [0.15, 0.2) is 0 Å². The first kappa shape index (κ1) is 15.4. The average Bonchev–Trinajstić information content (AvgIpc) is 3.21. The van der Waals surface area contributed by atoms with Crippen LogP contribution >= 0.6 is 0 Å². The highest BCUT2D eigenvalue weighted by atomic mass is 16.4. The second-order valence-electron chi connectivity index (χ2n) is 5.92. The van der Waals surface area contributed by atoms with Gasteiger partial charge in [-0.25, -0.2) is 4.79 Å². The van der Waals surface area contributed by atoms with E-state index in [1.54, 1.807) is 0 Å². The first-order valence-corrected chi connectivity index (χ1v) is 7.35. The zero-order valence-electron chi connectivity index (χ0n) is 12.4. The van der Waals surface area contributed by atoms with Crippen molar-refractivity contribution in [1.82, 2.24) is 5.32 Å². The van der Waals surface area contributed by atoms with Crippen molar-refractivity contribution >= 4 is 17.7 Å². The SMILES string of the molecule is CC(C)c1cccc(NC(=O)NC(CC(=O)O)C2CC2)c1.